The van der Waals surface area contributed by atoms with E-state index < -0.39 is 5.82 Å². The number of nitrogens with one attached hydrogen (secondary N) is 2. The minimum Gasteiger partial charge on any atom is -0.497 e. The molecule has 0 saturated carbocycles. The zero-order chi connectivity index (χ0) is 18.2. The van der Waals surface area contributed by atoms with E-state index in [1.54, 1.807) is 38.3 Å². The second kappa shape index (κ2) is 8.82. The number of ether oxygens (including phenoxy) is 1. The molecule has 0 aromatic heterocycles. The van der Waals surface area contributed by atoms with Gasteiger partial charge in [-0.2, -0.15) is 0 Å². The number of rotatable bonds is 7. The van der Waals surface area contributed by atoms with Gasteiger partial charge in [0.15, 0.2) is 0 Å². The van der Waals surface area contributed by atoms with Crippen molar-refractivity contribution < 1.29 is 18.7 Å². The van der Waals surface area contributed by atoms with Gasteiger partial charge in [-0.25, -0.2) is 4.39 Å². The number of methoxy groups -OCH3 is 1. The number of carbonyl (C=O) groups is 2. The summed E-state index contributed by atoms with van der Waals surface area (Å²) in [5.74, 6) is -0.191. The highest BCUT2D eigenvalue weighted by Gasteiger charge is 2.08. The summed E-state index contributed by atoms with van der Waals surface area (Å²) in [4.78, 5) is 23.8. The van der Waals surface area contributed by atoms with E-state index in [1.807, 2.05) is 12.1 Å². The minimum atomic E-state index is -0.416. The first-order valence-electron chi connectivity index (χ1n) is 7.93. The average Bonchev–Trinajstić information content (AvgIpc) is 2.61. The normalized spacial score (nSPS) is 10.2. The van der Waals surface area contributed by atoms with E-state index in [0.29, 0.717) is 12.1 Å². The molecule has 0 saturated heterocycles. The molecule has 0 bridgehead atoms. The van der Waals surface area contributed by atoms with Gasteiger partial charge in [-0.05, 0) is 42.3 Å². The van der Waals surface area contributed by atoms with Gasteiger partial charge in [-0.1, -0.05) is 18.2 Å². The third kappa shape index (κ3) is 5.60. The molecule has 2 amide bonds. The van der Waals surface area contributed by atoms with Crippen LogP contribution in [0.15, 0.2) is 42.5 Å². The van der Waals surface area contributed by atoms with E-state index >= 15 is 0 Å². The van der Waals surface area contributed by atoms with Gasteiger partial charge in [0.05, 0.1) is 13.5 Å². The molecule has 0 fully saturated rings. The van der Waals surface area contributed by atoms with Gasteiger partial charge in [0.2, 0.25) is 5.91 Å². The maximum absolute atomic E-state index is 13.4. The highest BCUT2D eigenvalue weighted by atomic mass is 19.1. The smallest absolute Gasteiger partial charge is 0.251 e. The Hall–Kier alpha value is -2.89. The van der Waals surface area contributed by atoms with E-state index in [2.05, 4.69) is 10.6 Å². The van der Waals surface area contributed by atoms with Gasteiger partial charge in [0, 0.05) is 18.7 Å². The van der Waals surface area contributed by atoms with E-state index in [9.17, 15) is 14.0 Å². The molecule has 6 heteroatoms. The van der Waals surface area contributed by atoms with Crippen LogP contribution in [-0.2, 0) is 11.2 Å². The molecule has 0 aliphatic rings. The zero-order valence-corrected chi connectivity index (χ0v) is 14.3. The number of carbonyl (C=O) groups excluding carboxylic acids is 2. The minimum absolute atomic E-state index is 0.138. The third-order valence-electron chi connectivity index (χ3n) is 3.69. The van der Waals surface area contributed by atoms with Gasteiger partial charge >= 0.3 is 0 Å². The number of hydrogen-bond donors (Lipinski definition) is 2. The lowest BCUT2D eigenvalue weighted by molar-refractivity contribution is -0.120. The Morgan fingerprint density at radius 2 is 1.72 bits per heavy atom. The lowest BCUT2D eigenvalue weighted by Gasteiger charge is -2.08. The summed E-state index contributed by atoms with van der Waals surface area (Å²) in [6, 6.07) is 11.6. The molecule has 2 rings (SSSR count). The number of hydrogen-bond acceptors (Lipinski definition) is 3. The largest absolute Gasteiger partial charge is 0.497 e. The van der Waals surface area contributed by atoms with Crippen molar-refractivity contribution in [2.75, 3.05) is 20.2 Å². The molecule has 5 nitrogen and oxygen atoms in total. The highest BCUT2D eigenvalue weighted by Crippen LogP contribution is 2.11. The molecule has 0 radical (unpaired) electrons. The molecule has 132 valence electrons. The summed E-state index contributed by atoms with van der Waals surface area (Å²) in [5.41, 5.74) is 1.62. The highest BCUT2D eigenvalue weighted by molar-refractivity contribution is 5.94. The summed E-state index contributed by atoms with van der Waals surface area (Å²) in [7, 11) is 1.58. The maximum Gasteiger partial charge on any atom is 0.251 e. The molecule has 0 aliphatic heterocycles. The molecule has 0 aliphatic carbocycles. The van der Waals surface area contributed by atoms with Crippen LogP contribution in [0, 0.1) is 12.7 Å². The number of halogens is 1. The predicted octanol–water partition coefficient (Wildman–Crippen LogP) is 2.23. The molecule has 2 N–H and O–H groups in total. The van der Waals surface area contributed by atoms with Crippen molar-refractivity contribution in [1.82, 2.24) is 10.6 Å². The third-order valence-corrected chi connectivity index (χ3v) is 3.69. The lowest BCUT2D eigenvalue weighted by Crippen LogP contribution is -2.35. The van der Waals surface area contributed by atoms with Gasteiger partial charge in [-0.3, -0.25) is 9.59 Å². The van der Waals surface area contributed by atoms with Crippen LogP contribution in [-0.4, -0.2) is 32.0 Å². The number of amides is 2. The number of benzene rings is 2. The van der Waals surface area contributed by atoms with Crippen LogP contribution in [0.5, 0.6) is 5.75 Å². The van der Waals surface area contributed by atoms with E-state index in [0.717, 1.165) is 11.3 Å². The van der Waals surface area contributed by atoms with Crippen LogP contribution in [0.2, 0.25) is 0 Å². The van der Waals surface area contributed by atoms with Gasteiger partial charge < -0.3 is 15.4 Å². The van der Waals surface area contributed by atoms with Crippen molar-refractivity contribution in [2.24, 2.45) is 0 Å². The molecule has 0 unspecified atom stereocenters. The molecular formula is C19H21FN2O3. The summed E-state index contributed by atoms with van der Waals surface area (Å²) >= 11 is 0. The van der Waals surface area contributed by atoms with Crippen LogP contribution in [0.3, 0.4) is 0 Å². The Bertz CT molecular complexity index is 745. The summed E-state index contributed by atoms with van der Waals surface area (Å²) < 4.78 is 18.5. The van der Waals surface area contributed by atoms with Crippen LogP contribution in [0.4, 0.5) is 4.39 Å². The first-order valence-corrected chi connectivity index (χ1v) is 7.93. The van der Waals surface area contributed by atoms with Crippen molar-refractivity contribution >= 4 is 11.8 Å². The topological polar surface area (TPSA) is 67.4 Å². The lowest BCUT2D eigenvalue weighted by atomic mass is 10.1. The summed E-state index contributed by atoms with van der Waals surface area (Å²) in [6.45, 7) is 2.20. The molecular weight excluding hydrogens is 323 g/mol. The van der Waals surface area contributed by atoms with Crippen molar-refractivity contribution in [2.45, 2.75) is 13.3 Å². The van der Waals surface area contributed by atoms with E-state index in [-0.39, 0.29) is 30.3 Å². The van der Waals surface area contributed by atoms with Crippen molar-refractivity contribution in [1.29, 1.82) is 0 Å². The first kappa shape index (κ1) is 18.4. The van der Waals surface area contributed by atoms with Crippen molar-refractivity contribution in [3.8, 4) is 5.75 Å². The fourth-order valence-electron chi connectivity index (χ4n) is 2.21. The van der Waals surface area contributed by atoms with E-state index in [1.165, 1.54) is 6.07 Å². The molecule has 0 atom stereocenters. The van der Waals surface area contributed by atoms with Crippen LogP contribution < -0.4 is 15.4 Å². The molecule has 0 spiro atoms. The van der Waals surface area contributed by atoms with Crippen molar-refractivity contribution in [3.05, 3.63) is 65.0 Å². The fraction of sp³-hybridized carbons (Fsp3) is 0.263. The standard InChI is InChI=1S/C19H21FN2O3/c1-13-3-6-15(12-17(13)20)19(24)22-10-9-21-18(23)11-14-4-7-16(25-2)8-5-14/h3-8,12H,9-11H2,1-2H3,(H,21,23)(H,22,24). The first-order chi connectivity index (χ1) is 12.0. The Labute approximate surface area is 146 Å². The second-order valence-corrected chi connectivity index (χ2v) is 5.59. The summed E-state index contributed by atoms with van der Waals surface area (Å²) in [6.07, 6.45) is 0.251. The second-order valence-electron chi connectivity index (χ2n) is 5.59. The average molecular weight is 344 g/mol. The zero-order valence-electron chi connectivity index (χ0n) is 14.3. The maximum atomic E-state index is 13.4. The van der Waals surface area contributed by atoms with Crippen LogP contribution in [0.25, 0.3) is 0 Å². The fourth-order valence-corrected chi connectivity index (χ4v) is 2.21. The van der Waals surface area contributed by atoms with Crippen molar-refractivity contribution in [3.63, 3.8) is 0 Å². The summed E-state index contributed by atoms with van der Waals surface area (Å²) in [5, 5.41) is 5.37. The van der Waals surface area contributed by atoms with Crippen LogP contribution >= 0.6 is 0 Å². The van der Waals surface area contributed by atoms with E-state index in [4.69, 9.17) is 4.74 Å². The SMILES string of the molecule is COc1ccc(CC(=O)NCCNC(=O)c2ccc(C)c(F)c2)cc1. The Morgan fingerprint density at radius 3 is 2.36 bits per heavy atom. The monoisotopic (exact) mass is 344 g/mol. The van der Waals surface area contributed by atoms with Crippen LogP contribution in [0.1, 0.15) is 21.5 Å². The molecule has 0 heterocycles. The van der Waals surface area contributed by atoms with Gasteiger partial charge in [0.25, 0.3) is 5.91 Å². The predicted molar refractivity (Wildman–Crippen MR) is 93.2 cm³/mol. The van der Waals surface area contributed by atoms with Gasteiger partial charge in [0.1, 0.15) is 11.6 Å². The molecule has 2 aromatic rings. The Kier molecular flexibility index (Phi) is 6.51. The number of aryl methyl sites for hydroxylation is 1. The quantitative estimate of drug-likeness (QED) is 0.757. The van der Waals surface area contributed by atoms with Gasteiger partial charge in [-0.15, -0.1) is 0 Å². The molecule has 2 aromatic carbocycles. The Morgan fingerprint density at radius 1 is 1.04 bits per heavy atom. The molecule has 25 heavy (non-hydrogen) atoms. The Balaban J connectivity index is 1.71.